The molecule has 9 nitrogen and oxygen atoms in total. The summed E-state index contributed by atoms with van der Waals surface area (Å²) < 4.78 is 21.2. The van der Waals surface area contributed by atoms with E-state index >= 15 is 0 Å². The van der Waals surface area contributed by atoms with Crippen molar-refractivity contribution in [1.29, 1.82) is 0 Å². The van der Waals surface area contributed by atoms with Crippen LogP contribution in [0.1, 0.15) is 197 Å². The second-order valence-corrected chi connectivity index (χ2v) is 27.2. The molecule has 5 aliphatic heterocycles. The Bertz CT molecular complexity index is 3100. The molecule has 1 atom stereocenters. The third-order valence-corrected chi connectivity index (χ3v) is 16.3. The highest BCUT2D eigenvalue weighted by atomic mass is 16.5. The van der Waals surface area contributed by atoms with Gasteiger partial charge in [-0.25, -0.2) is 0 Å². The Balaban J connectivity index is 0.000000138. The molecule has 0 N–H and O–H groups in total. The zero-order valence-electron chi connectivity index (χ0n) is 47.7. The van der Waals surface area contributed by atoms with E-state index in [0.717, 1.165) is 113 Å². The topological polar surface area (TPSA) is 106 Å². The van der Waals surface area contributed by atoms with Crippen LogP contribution in [0.25, 0.3) is 28.9 Å². The van der Waals surface area contributed by atoms with E-state index in [9.17, 15) is 15.6 Å². The van der Waals surface area contributed by atoms with Crippen molar-refractivity contribution in [3.63, 3.8) is 0 Å². The van der Waals surface area contributed by atoms with Crippen molar-refractivity contribution in [1.82, 2.24) is 0 Å². The van der Waals surface area contributed by atoms with Crippen molar-refractivity contribution in [3.05, 3.63) is 116 Å². The van der Waals surface area contributed by atoms with Crippen molar-refractivity contribution in [3.8, 4) is 17.2 Å². The molecule has 9 heteroatoms. The van der Waals surface area contributed by atoms with Crippen molar-refractivity contribution in [2.24, 2.45) is 32.5 Å². The number of unbranched alkanes of at least 4 members (excludes halogenated alkanes) is 3. The van der Waals surface area contributed by atoms with Crippen LogP contribution < -0.4 is 14.2 Å². The summed E-state index contributed by atoms with van der Waals surface area (Å²) in [5.41, 5.74) is 12.5. The van der Waals surface area contributed by atoms with Gasteiger partial charge in [-0.05, 0) is 167 Å². The molecule has 394 valence electrons. The molecule has 11 rings (SSSR count). The molecule has 0 radical (unpaired) electrons. The van der Waals surface area contributed by atoms with Crippen LogP contribution in [0.3, 0.4) is 0 Å². The van der Waals surface area contributed by atoms with Crippen LogP contribution in [0.5, 0.6) is 17.2 Å². The highest BCUT2D eigenvalue weighted by molar-refractivity contribution is 6.29. The number of hydrogen-bond donors (Lipinski definition) is 0. The molecule has 0 saturated heterocycles. The van der Waals surface area contributed by atoms with Crippen molar-refractivity contribution < 1.29 is 28.4 Å². The van der Waals surface area contributed by atoms with E-state index in [1.807, 2.05) is 71.0 Å². The van der Waals surface area contributed by atoms with E-state index in [-0.39, 0.29) is 43.7 Å². The summed E-state index contributed by atoms with van der Waals surface area (Å²) in [6, 6.07) is 14.0. The second-order valence-electron chi connectivity index (χ2n) is 27.2. The molecule has 0 fully saturated rings. The lowest BCUT2D eigenvalue weighted by molar-refractivity contribution is -0.362. The minimum Gasteiger partial charge on any atom is -0.618 e. The van der Waals surface area contributed by atoms with Crippen LogP contribution in [0.2, 0.25) is 0 Å². The standard InChI is InChI=1S/C26H35NO2.C21H25NO2.C18H23NO2/c1-7-8-9-10-14-26(6)16-20-18-11-12-21-19(13-15-25(4,5)29-21)22(18)27(28)23(20)24(2,3)17-26;1-19(2)11-15-14-9-13-7-8-21(5,6)24-17(13)10-16(14)22(23)18(15)20(3,4)12-19;1-6-21-12-7-8-13-14-10-17(2,3)11-18(4,5)16(14)19(20)15(13)9-12/h11-13,15-16H,7-10,14,17H2,1-6H3;7-11H,12H2,1-6H3;7-10H,6,11H2,1-5H3. The lowest BCUT2D eigenvalue weighted by Gasteiger charge is -2.39. The summed E-state index contributed by atoms with van der Waals surface area (Å²) in [7, 11) is 0. The average Bonchev–Trinajstić information content (AvgIpc) is 3.82. The lowest BCUT2D eigenvalue weighted by atomic mass is 9.62. The first kappa shape index (κ1) is 53.0. The minimum absolute atomic E-state index is 0.0784. The first-order chi connectivity index (χ1) is 34.3. The van der Waals surface area contributed by atoms with Gasteiger partial charge in [0.2, 0.25) is 34.2 Å². The summed E-state index contributed by atoms with van der Waals surface area (Å²) in [6.07, 6.45) is 24.5. The first-order valence-electron chi connectivity index (χ1n) is 27.4. The molecule has 0 amide bonds. The monoisotopic (exact) mass is 1000 g/mol. The van der Waals surface area contributed by atoms with Gasteiger partial charge in [0.25, 0.3) is 0 Å². The van der Waals surface area contributed by atoms with Gasteiger partial charge in [0.05, 0.1) is 74.0 Å². The molecule has 3 aromatic rings. The van der Waals surface area contributed by atoms with E-state index in [0.29, 0.717) is 18.0 Å². The van der Waals surface area contributed by atoms with Crippen LogP contribution in [0.15, 0.2) is 72.8 Å². The SMILES string of the molecule is CC1(C)C=C2C(=[N+]([O-])c3cc4c(cc32)C=CC(C)(C)O4)C(C)(C)C1.CCCCCCC1(C)C=C2C(=[N+]([O-])c3c2ccc2c3C=CC(C)(C)O2)C(C)(C)C1.CCOc1ccc2c(c1)[N+]([O-])=C1C2=CC(C)(C)CC1(C)C. The molecule has 5 heterocycles. The van der Waals surface area contributed by atoms with E-state index < -0.39 is 0 Å². The van der Waals surface area contributed by atoms with Gasteiger partial charge in [-0.1, -0.05) is 91.5 Å². The Morgan fingerprint density at radius 1 is 0.527 bits per heavy atom. The summed E-state index contributed by atoms with van der Waals surface area (Å²) in [6.45, 7) is 37.4. The molecule has 0 saturated carbocycles. The minimum atomic E-state index is -0.344. The fourth-order valence-electron chi connectivity index (χ4n) is 14.2. The Morgan fingerprint density at radius 2 is 1.05 bits per heavy atom. The van der Waals surface area contributed by atoms with E-state index in [1.54, 1.807) is 0 Å². The number of nitrogens with zero attached hydrogens (tertiary/aromatic N) is 3. The first-order valence-corrected chi connectivity index (χ1v) is 27.4. The quantitative estimate of drug-likeness (QED) is 0.133. The zero-order chi connectivity index (χ0) is 53.9. The highest BCUT2D eigenvalue weighted by Crippen LogP contribution is 2.56. The fraction of sp³-hybridized carbons (Fsp3) is 0.523. The average molecular weight is 1000 g/mol. The van der Waals surface area contributed by atoms with E-state index in [1.165, 1.54) is 36.8 Å². The normalized spacial score (nSPS) is 24.3. The maximum absolute atomic E-state index is 13.5. The predicted molar refractivity (Wildman–Crippen MR) is 306 cm³/mol. The van der Waals surface area contributed by atoms with E-state index in [2.05, 4.69) is 132 Å². The third-order valence-electron chi connectivity index (χ3n) is 16.3. The van der Waals surface area contributed by atoms with Crippen LogP contribution in [-0.4, -0.2) is 49.2 Å². The van der Waals surface area contributed by atoms with Gasteiger partial charge in [0, 0.05) is 5.56 Å². The van der Waals surface area contributed by atoms with Crippen molar-refractivity contribution in [2.45, 2.75) is 180 Å². The zero-order valence-corrected chi connectivity index (χ0v) is 47.7. The highest BCUT2D eigenvalue weighted by Gasteiger charge is 2.52. The molecule has 1 unspecified atom stereocenters. The van der Waals surface area contributed by atoms with Gasteiger partial charge in [-0.2, -0.15) is 14.2 Å². The summed E-state index contributed by atoms with van der Waals surface area (Å²) in [5.74, 6) is 2.35. The summed E-state index contributed by atoms with van der Waals surface area (Å²) in [5, 5.41) is 39.4. The lowest BCUT2D eigenvalue weighted by Crippen LogP contribution is -2.38. The number of fused-ring (bicyclic) bond motifs is 12. The van der Waals surface area contributed by atoms with Gasteiger partial charge < -0.3 is 29.8 Å². The number of rotatable bonds is 7. The number of allylic oxidation sites excluding steroid dienone is 6. The third kappa shape index (κ3) is 9.59. The molecule has 74 heavy (non-hydrogen) atoms. The fourth-order valence-corrected chi connectivity index (χ4v) is 14.2. The van der Waals surface area contributed by atoms with Crippen LogP contribution in [0.4, 0.5) is 17.1 Å². The van der Waals surface area contributed by atoms with Crippen molar-refractivity contribution in [2.75, 3.05) is 6.61 Å². The van der Waals surface area contributed by atoms with Gasteiger partial charge in [0.1, 0.15) is 28.5 Å². The number of ether oxygens (including phenoxy) is 3. The molecule has 0 spiro atoms. The predicted octanol–water partition coefficient (Wildman–Crippen LogP) is 17.1. The maximum atomic E-state index is 13.5. The van der Waals surface area contributed by atoms with Crippen molar-refractivity contribution >= 4 is 63.1 Å². The molecule has 0 aromatic heterocycles. The molecule has 3 aliphatic carbocycles. The Kier molecular flexibility index (Phi) is 12.8. The molecule has 3 aromatic carbocycles. The van der Waals surface area contributed by atoms with Crippen LogP contribution >= 0.6 is 0 Å². The maximum Gasteiger partial charge on any atom is 0.235 e. The van der Waals surface area contributed by atoms with Gasteiger partial charge in [-0.15, -0.1) is 0 Å². The Morgan fingerprint density at radius 3 is 1.66 bits per heavy atom. The molecular weight excluding hydrogens is 919 g/mol. The van der Waals surface area contributed by atoms with Crippen LogP contribution in [0, 0.1) is 48.1 Å². The second kappa shape index (κ2) is 17.9. The van der Waals surface area contributed by atoms with Gasteiger partial charge in [0.15, 0.2) is 0 Å². The summed E-state index contributed by atoms with van der Waals surface area (Å²) >= 11 is 0. The number of hydrogen-bond acceptors (Lipinski definition) is 6. The van der Waals surface area contributed by atoms with Crippen LogP contribution in [-0.2, 0) is 0 Å². The number of benzene rings is 3. The summed E-state index contributed by atoms with van der Waals surface area (Å²) in [4.78, 5) is 0. The molecule has 8 aliphatic rings. The molecular formula is C65H83N3O6. The van der Waals surface area contributed by atoms with Gasteiger partial charge in [-0.3, -0.25) is 0 Å². The largest absolute Gasteiger partial charge is 0.618 e. The Labute approximate surface area is 442 Å². The smallest absolute Gasteiger partial charge is 0.235 e. The van der Waals surface area contributed by atoms with E-state index in [4.69, 9.17) is 14.2 Å². The Hall–Kier alpha value is -5.83. The van der Waals surface area contributed by atoms with Gasteiger partial charge >= 0.3 is 0 Å². The molecule has 0 bridgehead atoms.